The molecule has 3 heteroatoms. The van der Waals surface area contributed by atoms with E-state index in [0.29, 0.717) is 5.69 Å². The Hall–Kier alpha value is -3.04. The van der Waals surface area contributed by atoms with Crippen molar-refractivity contribution in [1.82, 2.24) is 0 Å². The van der Waals surface area contributed by atoms with Gasteiger partial charge in [-0.1, -0.05) is 87.7 Å². The quantitative estimate of drug-likeness (QED) is 0.256. The highest BCUT2D eigenvalue weighted by atomic mass is 79.9. The van der Waals surface area contributed by atoms with Crippen LogP contribution in [0, 0.1) is 18.8 Å². The molecule has 5 rings (SSSR count). The first-order valence-electron chi connectivity index (χ1n) is 9.96. The van der Waals surface area contributed by atoms with E-state index in [0.717, 1.165) is 10.0 Å². The van der Waals surface area contributed by atoms with Crippen molar-refractivity contribution in [3.63, 3.8) is 0 Å². The van der Waals surface area contributed by atoms with Crippen LogP contribution in [0.3, 0.4) is 0 Å². The van der Waals surface area contributed by atoms with E-state index >= 15 is 0 Å². The molecule has 4 aromatic carbocycles. The molecule has 0 spiro atoms. The largest absolute Gasteiger partial charge is 0.145 e. The molecule has 1 aliphatic rings. The van der Waals surface area contributed by atoms with Crippen molar-refractivity contribution in [2.45, 2.75) is 19.3 Å². The van der Waals surface area contributed by atoms with Crippen LogP contribution in [0.25, 0.3) is 11.1 Å². The Morgan fingerprint density at radius 1 is 0.667 bits per heavy atom. The fourth-order valence-corrected chi connectivity index (χ4v) is 5.14. The lowest BCUT2D eigenvalue weighted by Gasteiger charge is -2.34. The van der Waals surface area contributed by atoms with Gasteiger partial charge in [0.05, 0.1) is 5.41 Å². The van der Waals surface area contributed by atoms with Crippen LogP contribution in [0.15, 0.2) is 94.6 Å². The van der Waals surface area contributed by atoms with Crippen LogP contribution in [0.2, 0.25) is 0 Å². The second-order valence-electron chi connectivity index (χ2n) is 7.99. The fraction of sp³-hybridized carbons (Fsp3) is 0.111. The van der Waals surface area contributed by atoms with Crippen molar-refractivity contribution in [3.8, 4) is 11.1 Å². The molecule has 0 aliphatic heterocycles. The molecule has 1 aliphatic carbocycles. The zero-order valence-corrected chi connectivity index (χ0v) is 18.4. The van der Waals surface area contributed by atoms with E-state index in [9.17, 15) is 4.91 Å². The molecule has 0 bridgehead atoms. The molecule has 0 radical (unpaired) electrons. The van der Waals surface area contributed by atoms with Gasteiger partial charge < -0.3 is 0 Å². The number of aryl methyl sites for hydroxylation is 2. The highest BCUT2D eigenvalue weighted by Crippen LogP contribution is 2.56. The lowest BCUT2D eigenvalue weighted by atomic mass is 9.67. The standard InChI is InChI=1S/C27H20BrNO/c1-17-3-6-19(7-4-17)27(20-8-11-22(29-30)12-9-20)25-15-18(2)5-13-23(25)24-14-10-21(28)16-26(24)27/h3-16H,1-2H3. The number of nitrogens with zero attached hydrogens (tertiary/aromatic N) is 1. The van der Waals surface area contributed by atoms with E-state index in [1.165, 1.54) is 38.9 Å². The van der Waals surface area contributed by atoms with Crippen LogP contribution in [0.4, 0.5) is 5.69 Å². The molecular weight excluding hydrogens is 434 g/mol. The van der Waals surface area contributed by atoms with Crippen LogP contribution in [0.5, 0.6) is 0 Å². The predicted octanol–water partition coefficient (Wildman–Crippen LogP) is 7.83. The molecule has 1 atom stereocenters. The van der Waals surface area contributed by atoms with Gasteiger partial charge in [0.15, 0.2) is 0 Å². The maximum atomic E-state index is 11.1. The van der Waals surface area contributed by atoms with Gasteiger partial charge in [-0.3, -0.25) is 0 Å². The van der Waals surface area contributed by atoms with E-state index in [1.54, 1.807) is 0 Å². The van der Waals surface area contributed by atoms with Gasteiger partial charge in [-0.05, 0) is 76.7 Å². The molecule has 0 heterocycles. The highest BCUT2D eigenvalue weighted by Gasteiger charge is 2.46. The average Bonchev–Trinajstić information content (AvgIpc) is 3.04. The minimum atomic E-state index is -0.463. The molecular formula is C27H20BrNO. The van der Waals surface area contributed by atoms with E-state index < -0.39 is 5.41 Å². The normalized spacial score (nSPS) is 16.8. The van der Waals surface area contributed by atoms with Crippen molar-refractivity contribution >= 4 is 21.6 Å². The molecule has 4 aromatic rings. The first kappa shape index (κ1) is 19.0. The van der Waals surface area contributed by atoms with Crippen molar-refractivity contribution in [2.24, 2.45) is 5.18 Å². The molecule has 0 fully saturated rings. The maximum Gasteiger partial charge on any atom is 0.108 e. The zero-order chi connectivity index (χ0) is 20.9. The number of hydrogen-bond donors (Lipinski definition) is 0. The minimum absolute atomic E-state index is 0.440. The molecule has 146 valence electrons. The van der Waals surface area contributed by atoms with E-state index in [2.05, 4.69) is 95.6 Å². The lowest BCUT2D eigenvalue weighted by Crippen LogP contribution is -2.28. The third-order valence-electron chi connectivity index (χ3n) is 6.15. The zero-order valence-electron chi connectivity index (χ0n) is 16.8. The second-order valence-corrected chi connectivity index (χ2v) is 8.91. The van der Waals surface area contributed by atoms with Gasteiger partial charge in [-0.15, -0.1) is 4.91 Å². The Kier molecular flexibility index (Phi) is 4.44. The van der Waals surface area contributed by atoms with E-state index in [4.69, 9.17) is 0 Å². The monoisotopic (exact) mass is 453 g/mol. The van der Waals surface area contributed by atoms with Crippen LogP contribution < -0.4 is 0 Å². The highest BCUT2D eigenvalue weighted by molar-refractivity contribution is 9.10. The number of nitroso groups, excluding NO2 is 1. The molecule has 0 saturated carbocycles. The lowest BCUT2D eigenvalue weighted by molar-refractivity contribution is 0.766. The molecule has 1 unspecified atom stereocenters. The first-order valence-corrected chi connectivity index (χ1v) is 10.8. The number of rotatable bonds is 3. The predicted molar refractivity (Wildman–Crippen MR) is 126 cm³/mol. The number of benzene rings is 4. The Bertz CT molecular complexity index is 1220. The van der Waals surface area contributed by atoms with Crippen LogP contribution in [0.1, 0.15) is 33.4 Å². The molecule has 0 saturated heterocycles. The van der Waals surface area contributed by atoms with Crippen LogP contribution in [-0.4, -0.2) is 0 Å². The fourth-order valence-electron chi connectivity index (χ4n) is 4.77. The van der Waals surface area contributed by atoms with Crippen molar-refractivity contribution in [2.75, 3.05) is 0 Å². The van der Waals surface area contributed by atoms with Gasteiger partial charge >= 0.3 is 0 Å². The maximum absolute atomic E-state index is 11.1. The summed E-state index contributed by atoms with van der Waals surface area (Å²) in [5.41, 5.74) is 9.78. The summed E-state index contributed by atoms with van der Waals surface area (Å²) in [6, 6.07) is 29.7. The third kappa shape index (κ3) is 2.69. The molecule has 30 heavy (non-hydrogen) atoms. The number of halogens is 1. The molecule has 0 N–H and O–H groups in total. The summed E-state index contributed by atoms with van der Waals surface area (Å²) < 4.78 is 1.05. The summed E-state index contributed by atoms with van der Waals surface area (Å²) in [6.45, 7) is 4.25. The summed E-state index contributed by atoms with van der Waals surface area (Å²) in [5, 5.41) is 3.10. The number of fused-ring (bicyclic) bond motifs is 3. The minimum Gasteiger partial charge on any atom is -0.145 e. The SMILES string of the molecule is Cc1ccc(C2(c3ccc(N=O)cc3)c3cc(C)ccc3-c3ccc(Br)cc32)cc1. The van der Waals surface area contributed by atoms with Gasteiger partial charge in [0.2, 0.25) is 0 Å². The van der Waals surface area contributed by atoms with Gasteiger partial charge in [-0.2, -0.15) is 0 Å². The molecule has 0 aromatic heterocycles. The Morgan fingerprint density at radius 2 is 1.20 bits per heavy atom. The van der Waals surface area contributed by atoms with Crippen LogP contribution >= 0.6 is 15.9 Å². The Balaban J connectivity index is 1.95. The summed E-state index contributed by atoms with van der Waals surface area (Å²) in [6.07, 6.45) is 0. The summed E-state index contributed by atoms with van der Waals surface area (Å²) in [4.78, 5) is 11.1. The average molecular weight is 454 g/mol. The van der Waals surface area contributed by atoms with Gasteiger partial charge in [-0.25, -0.2) is 0 Å². The smallest absolute Gasteiger partial charge is 0.108 e. The second kappa shape index (κ2) is 7.03. The topological polar surface area (TPSA) is 29.4 Å². The Morgan fingerprint density at radius 3 is 1.83 bits per heavy atom. The third-order valence-corrected chi connectivity index (χ3v) is 6.64. The number of hydrogen-bond acceptors (Lipinski definition) is 2. The van der Waals surface area contributed by atoms with Crippen LogP contribution in [-0.2, 0) is 5.41 Å². The van der Waals surface area contributed by atoms with Crippen molar-refractivity contribution < 1.29 is 0 Å². The van der Waals surface area contributed by atoms with E-state index in [1.807, 2.05) is 24.3 Å². The molecule has 2 nitrogen and oxygen atoms in total. The van der Waals surface area contributed by atoms with Crippen molar-refractivity contribution in [3.05, 3.63) is 128 Å². The summed E-state index contributed by atoms with van der Waals surface area (Å²) in [5.74, 6) is 0. The van der Waals surface area contributed by atoms with Crippen molar-refractivity contribution in [1.29, 1.82) is 0 Å². The first-order chi connectivity index (χ1) is 14.5. The summed E-state index contributed by atoms with van der Waals surface area (Å²) >= 11 is 3.70. The summed E-state index contributed by atoms with van der Waals surface area (Å²) in [7, 11) is 0. The molecule has 0 amide bonds. The van der Waals surface area contributed by atoms with Gasteiger partial charge in [0, 0.05) is 4.47 Å². The van der Waals surface area contributed by atoms with Gasteiger partial charge in [0.1, 0.15) is 5.69 Å². The Labute approximate surface area is 184 Å². The van der Waals surface area contributed by atoms with E-state index in [-0.39, 0.29) is 0 Å². The van der Waals surface area contributed by atoms with Gasteiger partial charge in [0.25, 0.3) is 0 Å².